The summed E-state index contributed by atoms with van der Waals surface area (Å²) in [7, 11) is 0. The molecule has 0 spiro atoms. The van der Waals surface area contributed by atoms with Crippen LogP contribution in [0.5, 0.6) is 0 Å². The highest BCUT2D eigenvalue weighted by Crippen LogP contribution is 2.49. The molecule has 1 aliphatic rings. The zero-order chi connectivity index (χ0) is 21.4. The third kappa shape index (κ3) is 3.94. The monoisotopic (exact) mass is 445 g/mol. The van der Waals surface area contributed by atoms with Crippen LogP contribution in [-0.2, 0) is 15.2 Å². The molecule has 154 valence electrons. The van der Waals surface area contributed by atoms with Gasteiger partial charge in [0.05, 0.1) is 17.9 Å². The lowest BCUT2D eigenvalue weighted by atomic mass is 9.85. The van der Waals surface area contributed by atoms with Crippen molar-refractivity contribution < 1.29 is 27.5 Å². The number of nitrogens with zero attached hydrogens (tertiary/aromatic N) is 1. The summed E-state index contributed by atoms with van der Waals surface area (Å²) >= 11 is 11.8. The van der Waals surface area contributed by atoms with E-state index in [9.17, 15) is 18.0 Å². The van der Waals surface area contributed by atoms with Gasteiger partial charge >= 0.3 is 12.1 Å². The third-order valence-electron chi connectivity index (χ3n) is 4.65. The number of hydrogen-bond acceptors (Lipinski definition) is 4. The fourth-order valence-corrected chi connectivity index (χ4v) is 3.74. The van der Waals surface area contributed by atoms with E-state index in [2.05, 4.69) is 5.16 Å². The van der Waals surface area contributed by atoms with Crippen molar-refractivity contribution in [1.82, 2.24) is 0 Å². The molecule has 1 aliphatic heterocycles. The lowest BCUT2D eigenvalue weighted by Crippen LogP contribution is -2.42. The fourth-order valence-electron chi connectivity index (χ4n) is 3.21. The van der Waals surface area contributed by atoms with Gasteiger partial charge < -0.3 is 9.57 Å². The summed E-state index contributed by atoms with van der Waals surface area (Å²) in [6, 6.07) is 8.32. The van der Waals surface area contributed by atoms with E-state index in [-0.39, 0.29) is 33.5 Å². The van der Waals surface area contributed by atoms with Crippen LogP contribution in [0.15, 0.2) is 41.6 Å². The molecule has 0 fully saturated rings. The molecule has 0 amide bonds. The summed E-state index contributed by atoms with van der Waals surface area (Å²) < 4.78 is 47.3. The summed E-state index contributed by atoms with van der Waals surface area (Å²) in [5.41, 5.74) is -1.85. The van der Waals surface area contributed by atoms with Crippen molar-refractivity contribution in [3.8, 4) is 0 Å². The SMILES string of the molecule is CCOC(=O)c1cccc(C2=NOC(c3cc(Cl)cc(Cl)c3)(C(F)(F)F)C2)c1C. The van der Waals surface area contributed by atoms with Crippen molar-refractivity contribution in [2.45, 2.75) is 32.0 Å². The van der Waals surface area contributed by atoms with E-state index >= 15 is 0 Å². The average Bonchev–Trinajstić information content (AvgIpc) is 3.08. The van der Waals surface area contributed by atoms with Crippen LogP contribution in [-0.4, -0.2) is 24.5 Å². The van der Waals surface area contributed by atoms with Crippen LogP contribution in [0.25, 0.3) is 0 Å². The summed E-state index contributed by atoms with van der Waals surface area (Å²) in [4.78, 5) is 17.1. The fraction of sp³-hybridized carbons (Fsp3) is 0.300. The second kappa shape index (κ2) is 7.88. The highest BCUT2D eigenvalue weighted by molar-refractivity contribution is 6.34. The van der Waals surface area contributed by atoms with Crippen LogP contribution in [0.3, 0.4) is 0 Å². The Morgan fingerprint density at radius 3 is 2.48 bits per heavy atom. The van der Waals surface area contributed by atoms with Crippen molar-refractivity contribution in [3.63, 3.8) is 0 Å². The molecule has 0 saturated heterocycles. The van der Waals surface area contributed by atoms with Gasteiger partial charge in [0.25, 0.3) is 5.60 Å². The largest absolute Gasteiger partial charge is 0.462 e. The Morgan fingerprint density at radius 1 is 1.24 bits per heavy atom. The normalized spacial score (nSPS) is 18.9. The number of halogens is 5. The van der Waals surface area contributed by atoms with Gasteiger partial charge in [-0.3, -0.25) is 0 Å². The smallest absolute Gasteiger partial charge is 0.435 e. The van der Waals surface area contributed by atoms with Crippen molar-refractivity contribution >= 4 is 34.9 Å². The summed E-state index contributed by atoms with van der Waals surface area (Å²) in [5.74, 6) is -0.560. The highest BCUT2D eigenvalue weighted by atomic mass is 35.5. The highest BCUT2D eigenvalue weighted by Gasteiger charge is 2.62. The number of benzene rings is 2. The number of carbonyl (C=O) groups excluding carboxylic acids is 1. The van der Waals surface area contributed by atoms with Gasteiger partial charge in [-0.05, 0) is 43.7 Å². The van der Waals surface area contributed by atoms with Crippen LogP contribution in [0.1, 0.15) is 40.4 Å². The van der Waals surface area contributed by atoms with E-state index < -0.39 is 24.2 Å². The molecule has 0 saturated carbocycles. The van der Waals surface area contributed by atoms with E-state index in [1.807, 2.05) is 0 Å². The molecule has 29 heavy (non-hydrogen) atoms. The van der Waals surface area contributed by atoms with E-state index in [1.165, 1.54) is 6.07 Å². The second-order valence-corrected chi connectivity index (χ2v) is 7.36. The van der Waals surface area contributed by atoms with Gasteiger partial charge in [0.15, 0.2) is 0 Å². The third-order valence-corrected chi connectivity index (χ3v) is 5.09. The van der Waals surface area contributed by atoms with Gasteiger partial charge in [-0.25, -0.2) is 4.79 Å². The first kappa shape index (κ1) is 21.5. The minimum absolute atomic E-state index is 0.0497. The van der Waals surface area contributed by atoms with Gasteiger partial charge in [0.1, 0.15) is 0 Å². The first-order chi connectivity index (χ1) is 13.6. The van der Waals surface area contributed by atoms with Crippen LogP contribution in [0.2, 0.25) is 10.0 Å². The maximum Gasteiger partial charge on any atom is 0.435 e. The number of esters is 1. The predicted octanol–water partition coefficient (Wildman–Crippen LogP) is 6.06. The summed E-state index contributed by atoms with van der Waals surface area (Å²) in [5, 5.41) is 3.83. The van der Waals surface area contributed by atoms with E-state index in [0.717, 1.165) is 12.1 Å². The Hall–Kier alpha value is -2.25. The standard InChI is InChI=1S/C20H16Cl2F3NO3/c1-3-28-18(27)16-6-4-5-15(11(16)2)17-10-19(29-26-17,20(23,24)25)12-7-13(21)9-14(22)8-12/h4-9H,3,10H2,1-2H3. The molecule has 0 aromatic heterocycles. The maximum atomic E-state index is 14.1. The van der Waals surface area contributed by atoms with Gasteiger partial charge in [-0.15, -0.1) is 0 Å². The van der Waals surface area contributed by atoms with Gasteiger partial charge in [-0.1, -0.05) is 40.5 Å². The Balaban J connectivity index is 2.04. The van der Waals surface area contributed by atoms with Crippen molar-refractivity contribution in [2.75, 3.05) is 6.61 Å². The lowest BCUT2D eigenvalue weighted by molar-refractivity contribution is -0.275. The number of carbonyl (C=O) groups is 1. The maximum absolute atomic E-state index is 14.1. The van der Waals surface area contributed by atoms with Crippen LogP contribution in [0, 0.1) is 6.92 Å². The minimum Gasteiger partial charge on any atom is -0.462 e. The second-order valence-electron chi connectivity index (χ2n) is 6.49. The van der Waals surface area contributed by atoms with Gasteiger partial charge in [0, 0.05) is 27.6 Å². The van der Waals surface area contributed by atoms with E-state index in [4.69, 9.17) is 32.8 Å². The van der Waals surface area contributed by atoms with Crippen molar-refractivity contribution in [3.05, 3.63) is 68.7 Å². The Kier molecular flexibility index (Phi) is 5.83. The number of rotatable bonds is 4. The zero-order valence-electron chi connectivity index (χ0n) is 15.4. The average molecular weight is 446 g/mol. The molecule has 0 radical (unpaired) electrons. The lowest BCUT2D eigenvalue weighted by Gasteiger charge is -2.29. The summed E-state index contributed by atoms with van der Waals surface area (Å²) in [6.07, 6.45) is -5.39. The molecular weight excluding hydrogens is 430 g/mol. The molecule has 1 unspecified atom stereocenters. The van der Waals surface area contributed by atoms with Crippen molar-refractivity contribution in [1.29, 1.82) is 0 Å². The Labute approximate surface area is 175 Å². The minimum atomic E-state index is -4.79. The molecule has 1 atom stereocenters. The number of ether oxygens (including phenoxy) is 1. The number of hydrogen-bond donors (Lipinski definition) is 0. The molecule has 2 aromatic rings. The summed E-state index contributed by atoms with van der Waals surface area (Å²) in [6.45, 7) is 3.47. The van der Waals surface area contributed by atoms with Crippen LogP contribution < -0.4 is 0 Å². The number of oxime groups is 1. The van der Waals surface area contributed by atoms with Gasteiger partial charge in [-0.2, -0.15) is 13.2 Å². The molecule has 0 aliphatic carbocycles. The first-order valence-electron chi connectivity index (χ1n) is 8.64. The molecular formula is C20H16Cl2F3NO3. The molecule has 4 nitrogen and oxygen atoms in total. The zero-order valence-corrected chi connectivity index (χ0v) is 17.0. The van der Waals surface area contributed by atoms with Crippen LogP contribution >= 0.6 is 23.2 Å². The van der Waals surface area contributed by atoms with Gasteiger partial charge in [0.2, 0.25) is 0 Å². The molecule has 1 heterocycles. The Morgan fingerprint density at radius 2 is 1.90 bits per heavy atom. The molecule has 3 rings (SSSR count). The van der Waals surface area contributed by atoms with Crippen molar-refractivity contribution in [2.24, 2.45) is 5.16 Å². The Bertz CT molecular complexity index is 971. The van der Waals surface area contributed by atoms with E-state index in [0.29, 0.717) is 11.1 Å². The predicted molar refractivity (Wildman–Crippen MR) is 104 cm³/mol. The molecule has 0 N–H and O–H groups in total. The molecule has 9 heteroatoms. The van der Waals surface area contributed by atoms with E-state index in [1.54, 1.807) is 32.0 Å². The quantitative estimate of drug-likeness (QED) is 0.537. The molecule has 2 aromatic carbocycles. The number of alkyl halides is 3. The van der Waals surface area contributed by atoms with Crippen LogP contribution in [0.4, 0.5) is 13.2 Å². The first-order valence-corrected chi connectivity index (χ1v) is 9.40. The molecule has 0 bridgehead atoms. The topological polar surface area (TPSA) is 47.9 Å².